The standard InChI is InChI=1S/C11H13N3O3S2/c1-7-6-13-11(18-7)14-19(15,16)8-3-4-9(12)10(5-8)17-2/h3-6H,12H2,1-2H3,(H,13,14). The van der Waals surface area contributed by atoms with Crippen LogP contribution in [-0.4, -0.2) is 20.5 Å². The normalized spacial score (nSPS) is 11.3. The van der Waals surface area contributed by atoms with Crippen LogP contribution in [0.4, 0.5) is 10.8 Å². The molecular weight excluding hydrogens is 286 g/mol. The molecule has 0 spiro atoms. The summed E-state index contributed by atoms with van der Waals surface area (Å²) in [7, 11) is -2.26. The number of nitrogens with one attached hydrogen (secondary N) is 1. The highest BCUT2D eigenvalue weighted by atomic mass is 32.2. The molecule has 1 aromatic heterocycles. The molecule has 0 atom stereocenters. The van der Waals surface area contributed by atoms with Gasteiger partial charge in [-0.05, 0) is 19.1 Å². The van der Waals surface area contributed by atoms with E-state index in [0.717, 1.165) is 4.88 Å². The topological polar surface area (TPSA) is 94.3 Å². The van der Waals surface area contributed by atoms with Crippen molar-refractivity contribution in [1.82, 2.24) is 4.98 Å². The summed E-state index contributed by atoms with van der Waals surface area (Å²) in [5.41, 5.74) is 6.03. The van der Waals surface area contributed by atoms with Gasteiger partial charge in [-0.3, -0.25) is 4.72 Å². The lowest BCUT2D eigenvalue weighted by molar-refractivity contribution is 0.415. The Kier molecular flexibility index (Phi) is 3.63. The molecule has 0 aliphatic rings. The van der Waals surface area contributed by atoms with E-state index in [1.54, 1.807) is 6.20 Å². The molecule has 0 fully saturated rings. The lowest BCUT2D eigenvalue weighted by atomic mass is 10.3. The molecule has 0 aliphatic heterocycles. The van der Waals surface area contributed by atoms with Crippen molar-refractivity contribution < 1.29 is 13.2 Å². The third kappa shape index (κ3) is 2.96. The second kappa shape index (κ2) is 5.06. The number of benzene rings is 1. The Morgan fingerprint density at radius 1 is 1.42 bits per heavy atom. The highest BCUT2D eigenvalue weighted by molar-refractivity contribution is 7.93. The van der Waals surface area contributed by atoms with Crippen LogP contribution in [-0.2, 0) is 10.0 Å². The number of aromatic nitrogens is 1. The van der Waals surface area contributed by atoms with Gasteiger partial charge in [0, 0.05) is 17.1 Å². The third-order valence-corrected chi connectivity index (χ3v) is 4.65. The molecule has 0 aliphatic carbocycles. The Morgan fingerprint density at radius 2 is 2.16 bits per heavy atom. The van der Waals surface area contributed by atoms with E-state index in [4.69, 9.17) is 10.5 Å². The van der Waals surface area contributed by atoms with Crippen LogP contribution in [0.15, 0.2) is 29.3 Å². The number of hydrogen-bond donors (Lipinski definition) is 2. The van der Waals surface area contributed by atoms with Gasteiger partial charge in [-0.1, -0.05) is 0 Å². The first-order valence-electron chi connectivity index (χ1n) is 5.31. The van der Waals surface area contributed by atoms with Crippen LogP contribution < -0.4 is 15.2 Å². The van der Waals surface area contributed by atoms with Crippen molar-refractivity contribution in [3.05, 3.63) is 29.3 Å². The summed E-state index contributed by atoms with van der Waals surface area (Å²) in [6, 6.07) is 4.28. The van der Waals surface area contributed by atoms with Crippen LogP contribution in [0.3, 0.4) is 0 Å². The first-order chi connectivity index (χ1) is 8.92. The van der Waals surface area contributed by atoms with Gasteiger partial charge >= 0.3 is 0 Å². The first kappa shape index (κ1) is 13.6. The second-order valence-corrected chi connectivity index (χ2v) is 6.70. The number of anilines is 2. The van der Waals surface area contributed by atoms with Crippen molar-refractivity contribution in [2.24, 2.45) is 0 Å². The van der Waals surface area contributed by atoms with Crippen LogP contribution in [0.1, 0.15) is 4.88 Å². The Balaban J connectivity index is 2.34. The van der Waals surface area contributed by atoms with Crippen LogP contribution >= 0.6 is 11.3 Å². The van der Waals surface area contributed by atoms with Gasteiger partial charge in [0.25, 0.3) is 10.0 Å². The fourth-order valence-corrected chi connectivity index (χ4v) is 3.36. The Labute approximate surface area is 115 Å². The molecule has 0 amide bonds. The molecule has 0 unspecified atom stereocenters. The Morgan fingerprint density at radius 3 is 2.74 bits per heavy atom. The van der Waals surface area contributed by atoms with E-state index in [-0.39, 0.29) is 4.90 Å². The monoisotopic (exact) mass is 299 g/mol. The molecule has 0 bridgehead atoms. The summed E-state index contributed by atoms with van der Waals surface area (Å²) in [5, 5.41) is 0.327. The van der Waals surface area contributed by atoms with Crippen molar-refractivity contribution in [3.63, 3.8) is 0 Å². The lowest BCUT2D eigenvalue weighted by Gasteiger charge is -2.08. The fraction of sp³-hybridized carbons (Fsp3) is 0.182. The van der Waals surface area contributed by atoms with E-state index in [0.29, 0.717) is 16.6 Å². The van der Waals surface area contributed by atoms with Gasteiger partial charge in [0.05, 0.1) is 17.7 Å². The Bertz CT molecular complexity index is 695. The fourth-order valence-electron chi connectivity index (χ4n) is 1.43. The van der Waals surface area contributed by atoms with Gasteiger partial charge in [-0.15, -0.1) is 11.3 Å². The highest BCUT2D eigenvalue weighted by Gasteiger charge is 2.17. The highest BCUT2D eigenvalue weighted by Crippen LogP contribution is 2.27. The molecule has 102 valence electrons. The average Bonchev–Trinajstić information content (AvgIpc) is 2.74. The maximum atomic E-state index is 12.1. The molecule has 1 heterocycles. The minimum absolute atomic E-state index is 0.0754. The van der Waals surface area contributed by atoms with E-state index in [1.807, 2.05) is 6.92 Å². The van der Waals surface area contributed by atoms with Crippen molar-refractivity contribution in [1.29, 1.82) is 0 Å². The number of thiazole rings is 1. The van der Waals surface area contributed by atoms with Gasteiger partial charge in [0.2, 0.25) is 0 Å². The zero-order chi connectivity index (χ0) is 14.0. The first-order valence-corrected chi connectivity index (χ1v) is 7.61. The molecule has 0 saturated carbocycles. The number of rotatable bonds is 4. The molecule has 8 heteroatoms. The Hall–Kier alpha value is -1.80. The smallest absolute Gasteiger partial charge is 0.263 e. The molecule has 2 aromatic rings. The predicted octanol–water partition coefficient (Wildman–Crippen LogP) is 1.84. The third-order valence-electron chi connectivity index (χ3n) is 2.36. The van der Waals surface area contributed by atoms with Crippen molar-refractivity contribution in [3.8, 4) is 5.75 Å². The molecule has 3 N–H and O–H groups in total. The minimum atomic E-state index is -3.69. The number of hydrogen-bond acceptors (Lipinski definition) is 6. The summed E-state index contributed by atoms with van der Waals surface area (Å²) < 4.78 is 31.7. The van der Waals surface area contributed by atoms with Gasteiger partial charge < -0.3 is 10.5 Å². The summed E-state index contributed by atoms with van der Waals surface area (Å²) >= 11 is 1.27. The van der Waals surface area contributed by atoms with E-state index in [1.165, 1.54) is 36.6 Å². The van der Waals surface area contributed by atoms with Crippen molar-refractivity contribution >= 4 is 32.2 Å². The zero-order valence-electron chi connectivity index (χ0n) is 10.4. The maximum absolute atomic E-state index is 12.1. The number of nitrogens with zero attached hydrogens (tertiary/aromatic N) is 1. The van der Waals surface area contributed by atoms with Gasteiger partial charge in [-0.25, -0.2) is 13.4 Å². The average molecular weight is 299 g/mol. The molecule has 6 nitrogen and oxygen atoms in total. The van der Waals surface area contributed by atoms with Crippen LogP contribution in [0, 0.1) is 6.92 Å². The van der Waals surface area contributed by atoms with Gasteiger partial charge in [-0.2, -0.15) is 0 Å². The minimum Gasteiger partial charge on any atom is -0.495 e. The van der Waals surface area contributed by atoms with E-state index in [2.05, 4.69) is 9.71 Å². The summed E-state index contributed by atoms with van der Waals surface area (Å²) in [4.78, 5) is 4.96. The van der Waals surface area contributed by atoms with E-state index < -0.39 is 10.0 Å². The number of ether oxygens (including phenoxy) is 1. The van der Waals surface area contributed by atoms with Gasteiger partial charge in [0.15, 0.2) is 5.13 Å². The summed E-state index contributed by atoms with van der Waals surface area (Å²) in [6.45, 7) is 1.85. The SMILES string of the molecule is COc1cc(S(=O)(=O)Nc2ncc(C)s2)ccc1N. The van der Waals surface area contributed by atoms with Crippen LogP contribution in [0.5, 0.6) is 5.75 Å². The molecule has 0 saturated heterocycles. The quantitative estimate of drug-likeness (QED) is 0.840. The molecule has 2 rings (SSSR count). The number of methoxy groups -OCH3 is 1. The van der Waals surface area contributed by atoms with E-state index >= 15 is 0 Å². The van der Waals surface area contributed by atoms with E-state index in [9.17, 15) is 8.42 Å². The number of nitrogen functional groups attached to an aromatic ring is 1. The summed E-state index contributed by atoms with van der Waals surface area (Å²) in [6.07, 6.45) is 1.60. The van der Waals surface area contributed by atoms with Gasteiger partial charge in [0.1, 0.15) is 5.75 Å². The van der Waals surface area contributed by atoms with Crippen LogP contribution in [0.2, 0.25) is 0 Å². The molecule has 19 heavy (non-hydrogen) atoms. The van der Waals surface area contributed by atoms with Crippen molar-refractivity contribution in [2.75, 3.05) is 17.6 Å². The van der Waals surface area contributed by atoms with Crippen molar-refractivity contribution in [2.45, 2.75) is 11.8 Å². The second-order valence-electron chi connectivity index (χ2n) is 3.79. The lowest BCUT2D eigenvalue weighted by Crippen LogP contribution is -2.13. The predicted molar refractivity (Wildman–Crippen MR) is 75.1 cm³/mol. The largest absolute Gasteiger partial charge is 0.495 e. The molecule has 1 aromatic carbocycles. The molecular formula is C11H13N3O3S2. The zero-order valence-corrected chi connectivity index (χ0v) is 12.0. The maximum Gasteiger partial charge on any atom is 0.263 e. The van der Waals surface area contributed by atoms with Crippen LogP contribution in [0.25, 0.3) is 0 Å². The summed E-state index contributed by atoms with van der Waals surface area (Å²) in [5.74, 6) is 0.318. The number of nitrogens with two attached hydrogens (primary N) is 1. The number of aryl methyl sites for hydroxylation is 1. The number of sulfonamides is 1. The molecule has 0 radical (unpaired) electrons.